The van der Waals surface area contributed by atoms with Gasteiger partial charge in [0.05, 0.1) is 5.94 Å². The van der Waals surface area contributed by atoms with Crippen LogP contribution in [0.1, 0.15) is 44.2 Å². The number of benzene rings is 1. The smallest absolute Gasteiger partial charge is 0.426 e. The molecular weight excluding hydrogens is 443 g/mol. The average Bonchev–Trinajstić information content (AvgIpc) is 2.73. The molecule has 1 rings (SSSR count). The number of guanidine groups is 1. The van der Waals surface area contributed by atoms with Crippen LogP contribution in [-0.2, 0) is 9.59 Å². The van der Waals surface area contributed by atoms with Crippen LogP contribution in [0.4, 0.5) is 0 Å². The van der Waals surface area contributed by atoms with Gasteiger partial charge in [0.25, 0.3) is 5.96 Å². The van der Waals surface area contributed by atoms with E-state index < -0.39 is 35.9 Å². The SMILES string of the molecule is Cc1cccc(C=CC(=O)N[C@@H](CCCN=C(N)N[N+](=O)[O-])C(=O)N[C@@H](CC(C)C)B(O)O)c1. The Hall–Kier alpha value is -3.45. The highest BCUT2D eigenvalue weighted by Crippen LogP contribution is 2.08. The molecule has 0 aromatic heterocycles. The molecule has 0 aliphatic carbocycles. The van der Waals surface area contributed by atoms with Crippen molar-refractivity contribution >= 4 is 31.0 Å². The van der Waals surface area contributed by atoms with Gasteiger partial charge in [-0.2, -0.15) is 0 Å². The van der Waals surface area contributed by atoms with E-state index in [0.717, 1.165) is 11.1 Å². The van der Waals surface area contributed by atoms with Crippen molar-refractivity contribution in [3.05, 3.63) is 51.6 Å². The summed E-state index contributed by atoms with van der Waals surface area (Å²) >= 11 is 0. The normalized spacial score (nSPS) is 13.4. The van der Waals surface area contributed by atoms with Crippen LogP contribution in [-0.4, -0.2) is 58.5 Å². The molecule has 0 saturated carbocycles. The third-order valence-corrected chi connectivity index (χ3v) is 4.65. The lowest BCUT2D eigenvalue weighted by Gasteiger charge is -2.23. The summed E-state index contributed by atoms with van der Waals surface area (Å²) in [6.07, 6.45) is 3.66. The molecule has 0 unspecified atom stereocenters. The van der Waals surface area contributed by atoms with Gasteiger partial charge in [0, 0.05) is 12.6 Å². The molecule has 1 aromatic rings. The Morgan fingerprint density at radius 1 is 1.29 bits per heavy atom. The van der Waals surface area contributed by atoms with E-state index in [1.807, 2.05) is 45.0 Å². The molecule has 186 valence electrons. The minimum absolute atomic E-state index is 0.0729. The molecule has 0 saturated heterocycles. The molecular formula is C21H33BN6O6. The topological polar surface area (TPSA) is 192 Å². The number of carbonyl (C=O) groups is 2. The standard InChI is InChI=1S/C21H33BN6O6/c1-14(2)12-18(22(31)32)26-20(30)17(8-5-11-24-21(23)27-28(33)34)25-19(29)10-9-16-7-4-6-15(3)13-16/h4,6-7,9-10,13-14,17-18,31-32H,5,8,11-12H2,1-3H3,(H,25,29)(H,26,30)(H3,23,24,27)/t17-,18-/m0/s1. The number of aliphatic imine (C=N–C) groups is 1. The van der Waals surface area contributed by atoms with Crippen LogP contribution in [0.15, 0.2) is 35.3 Å². The summed E-state index contributed by atoms with van der Waals surface area (Å²) < 4.78 is 0. The van der Waals surface area contributed by atoms with E-state index in [1.165, 1.54) is 6.08 Å². The summed E-state index contributed by atoms with van der Waals surface area (Å²) in [5, 5.41) is 33.9. The molecule has 0 bridgehead atoms. The fourth-order valence-electron chi connectivity index (χ4n) is 3.10. The molecule has 2 amide bonds. The molecule has 0 fully saturated rings. The van der Waals surface area contributed by atoms with Gasteiger partial charge in [-0.3, -0.25) is 9.59 Å². The first-order chi connectivity index (χ1) is 16.0. The van der Waals surface area contributed by atoms with E-state index in [9.17, 15) is 29.8 Å². The lowest BCUT2D eigenvalue weighted by molar-refractivity contribution is -0.525. The first kappa shape index (κ1) is 28.6. The zero-order valence-corrected chi connectivity index (χ0v) is 19.6. The van der Waals surface area contributed by atoms with Crippen molar-refractivity contribution in [1.29, 1.82) is 0 Å². The molecule has 13 heteroatoms. The summed E-state index contributed by atoms with van der Waals surface area (Å²) in [7, 11) is -1.76. The minimum atomic E-state index is -1.76. The Bertz CT molecular complexity index is 892. The van der Waals surface area contributed by atoms with Crippen molar-refractivity contribution < 1.29 is 24.7 Å². The number of amides is 2. The number of nitrogens with two attached hydrogens (primary N) is 1. The molecule has 34 heavy (non-hydrogen) atoms. The number of nitrogens with zero attached hydrogens (tertiary/aromatic N) is 2. The van der Waals surface area contributed by atoms with E-state index in [0.29, 0.717) is 6.42 Å². The zero-order valence-electron chi connectivity index (χ0n) is 19.6. The number of rotatable bonds is 13. The Morgan fingerprint density at radius 2 is 2.00 bits per heavy atom. The third-order valence-electron chi connectivity index (χ3n) is 4.65. The van der Waals surface area contributed by atoms with Crippen LogP contribution < -0.4 is 21.8 Å². The Labute approximate surface area is 199 Å². The minimum Gasteiger partial charge on any atom is -0.426 e. The van der Waals surface area contributed by atoms with Gasteiger partial charge in [0.1, 0.15) is 6.04 Å². The highest BCUT2D eigenvalue weighted by Gasteiger charge is 2.29. The van der Waals surface area contributed by atoms with Crippen LogP contribution in [0.5, 0.6) is 0 Å². The van der Waals surface area contributed by atoms with Crippen LogP contribution in [0.25, 0.3) is 6.08 Å². The maximum absolute atomic E-state index is 12.8. The highest BCUT2D eigenvalue weighted by atomic mass is 16.7. The van der Waals surface area contributed by atoms with Gasteiger partial charge in [-0.15, -0.1) is 0 Å². The van der Waals surface area contributed by atoms with Gasteiger partial charge in [-0.1, -0.05) is 49.1 Å². The van der Waals surface area contributed by atoms with Crippen molar-refractivity contribution in [1.82, 2.24) is 16.1 Å². The Kier molecular flexibility index (Phi) is 12.3. The van der Waals surface area contributed by atoms with E-state index in [1.54, 1.807) is 11.5 Å². The van der Waals surface area contributed by atoms with Gasteiger partial charge in [0.2, 0.25) is 11.8 Å². The molecule has 0 spiro atoms. The number of carbonyl (C=O) groups excluding carboxylic acids is 2. The molecule has 2 atom stereocenters. The van der Waals surface area contributed by atoms with E-state index >= 15 is 0 Å². The second-order valence-corrected chi connectivity index (χ2v) is 8.24. The van der Waals surface area contributed by atoms with Crippen molar-refractivity contribution in [2.45, 2.75) is 52.0 Å². The molecule has 0 heterocycles. The number of hydrazine groups is 1. The van der Waals surface area contributed by atoms with Crippen molar-refractivity contribution in [2.24, 2.45) is 16.6 Å². The molecule has 1 aromatic carbocycles. The fraction of sp³-hybridized carbons (Fsp3) is 0.476. The number of aryl methyl sites for hydroxylation is 1. The van der Waals surface area contributed by atoms with Crippen LogP contribution in [0.3, 0.4) is 0 Å². The van der Waals surface area contributed by atoms with Crippen LogP contribution in [0, 0.1) is 23.0 Å². The first-order valence-corrected chi connectivity index (χ1v) is 10.9. The summed E-state index contributed by atoms with van der Waals surface area (Å²) in [6, 6.07) is 6.52. The molecule has 0 aliphatic heterocycles. The lowest BCUT2D eigenvalue weighted by Crippen LogP contribution is -2.54. The first-order valence-electron chi connectivity index (χ1n) is 10.9. The average molecular weight is 476 g/mol. The predicted octanol–water partition coefficient (Wildman–Crippen LogP) is -0.0879. The van der Waals surface area contributed by atoms with Gasteiger partial charge >= 0.3 is 7.12 Å². The number of nitro groups is 1. The zero-order chi connectivity index (χ0) is 25.7. The lowest BCUT2D eigenvalue weighted by atomic mass is 9.75. The van der Waals surface area contributed by atoms with E-state index in [-0.39, 0.29) is 31.3 Å². The predicted molar refractivity (Wildman–Crippen MR) is 130 cm³/mol. The van der Waals surface area contributed by atoms with Crippen LogP contribution >= 0.6 is 0 Å². The largest absolute Gasteiger partial charge is 0.475 e. The number of hydrogen-bond acceptors (Lipinski definition) is 7. The molecule has 12 nitrogen and oxygen atoms in total. The summed E-state index contributed by atoms with van der Waals surface area (Å²) in [5.41, 5.74) is 8.93. The van der Waals surface area contributed by atoms with Gasteiger partial charge in [0.15, 0.2) is 5.03 Å². The molecule has 0 radical (unpaired) electrons. The van der Waals surface area contributed by atoms with Crippen molar-refractivity contribution in [3.63, 3.8) is 0 Å². The van der Waals surface area contributed by atoms with Crippen LogP contribution in [0.2, 0.25) is 0 Å². The summed E-state index contributed by atoms with van der Waals surface area (Å²) in [4.78, 5) is 39.5. The number of hydrogen-bond donors (Lipinski definition) is 6. The Balaban J connectivity index is 2.86. The van der Waals surface area contributed by atoms with Gasteiger partial charge < -0.3 is 26.4 Å². The van der Waals surface area contributed by atoms with E-state index in [4.69, 9.17) is 5.73 Å². The summed E-state index contributed by atoms with van der Waals surface area (Å²) in [5.74, 6) is -2.30. The van der Waals surface area contributed by atoms with Crippen molar-refractivity contribution in [2.75, 3.05) is 6.54 Å². The van der Waals surface area contributed by atoms with Crippen molar-refractivity contribution in [3.8, 4) is 0 Å². The highest BCUT2D eigenvalue weighted by molar-refractivity contribution is 6.43. The fourth-order valence-corrected chi connectivity index (χ4v) is 3.10. The second-order valence-electron chi connectivity index (χ2n) is 8.24. The monoisotopic (exact) mass is 476 g/mol. The maximum Gasteiger partial charge on any atom is 0.475 e. The maximum atomic E-state index is 12.8. The summed E-state index contributed by atoms with van der Waals surface area (Å²) in [6.45, 7) is 5.75. The third kappa shape index (κ3) is 12.0. The quantitative estimate of drug-likeness (QED) is 0.0433. The number of nitrogens with one attached hydrogen (secondary N) is 3. The molecule has 7 N–H and O–H groups in total. The molecule has 0 aliphatic rings. The van der Waals surface area contributed by atoms with Gasteiger partial charge in [-0.25, -0.2) is 15.1 Å². The van der Waals surface area contributed by atoms with Gasteiger partial charge in [-0.05, 0) is 43.7 Å². The Morgan fingerprint density at radius 3 is 2.59 bits per heavy atom. The van der Waals surface area contributed by atoms with E-state index in [2.05, 4.69) is 15.6 Å². The second kappa shape index (κ2) is 14.7.